The minimum atomic E-state index is -0.343. The first-order chi connectivity index (χ1) is 14.3. The minimum Gasteiger partial charge on any atom is -0.465 e. The molecule has 4 heteroatoms. The highest BCUT2D eigenvalue weighted by molar-refractivity contribution is 6.18. The average molecular weight is 399 g/mol. The van der Waals surface area contributed by atoms with Gasteiger partial charge in [0.2, 0.25) is 0 Å². The second-order valence-electron chi connectivity index (χ2n) is 8.56. The van der Waals surface area contributed by atoms with Crippen molar-refractivity contribution < 1.29 is 9.53 Å². The summed E-state index contributed by atoms with van der Waals surface area (Å²) in [5, 5.41) is 0. The summed E-state index contributed by atoms with van der Waals surface area (Å²) in [6.45, 7) is 6.63. The number of hydrogen-bond donors (Lipinski definition) is 0. The number of para-hydroxylation sites is 1. The number of anilines is 2. The summed E-state index contributed by atoms with van der Waals surface area (Å²) in [7, 11) is 3.47. The van der Waals surface area contributed by atoms with Crippen LogP contribution in [0.1, 0.15) is 47.8 Å². The number of nitrogens with zero attached hydrogens (tertiary/aromatic N) is 2. The molecule has 0 aromatic heterocycles. The maximum Gasteiger partial charge on any atom is 0.337 e. The number of fused-ring (bicyclic) bond motifs is 2. The van der Waals surface area contributed by atoms with Crippen LogP contribution >= 0.6 is 0 Å². The van der Waals surface area contributed by atoms with Gasteiger partial charge in [-0.15, -0.1) is 0 Å². The van der Waals surface area contributed by atoms with Crippen LogP contribution in [0.4, 0.5) is 17.1 Å². The Balaban J connectivity index is 1.93. The summed E-state index contributed by atoms with van der Waals surface area (Å²) in [5.41, 5.74) is 7.79. The molecule has 4 nitrogen and oxygen atoms in total. The molecule has 0 amide bonds. The molecule has 3 aromatic rings. The zero-order chi connectivity index (χ0) is 21.5. The van der Waals surface area contributed by atoms with E-state index in [0.717, 1.165) is 33.9 Å². The molecular weight excluding hydrogens is 372 g/mol. The minimum absolute atomic E-state index is 0.0323. The number of benzene rings is 3. The Hall–Kier alpha value is -3.40. The molecule has 0 unspecified atom stereocenters. The van der Waals surface area contributed by atoms with Gasteiger partial charge in [-0.3, -0.25) is 0 Å². The summed E-state index contributed by atoms with van der Waals surface area (Å²) in [6, 6.07) is 22.2. The molecule has 30 heavy (non-hydrogen) atoms. The van der Waals surface area contributed by atoms with Crippen LogP contribution in [-0.4, -0.2) is 25.8 Å². The number of methoxy groups -OCH3 is 1. The van der Waals surface area contributed by atoms with Crippen molar-refractivity contribution in [3.8, 4) is 0 Å². The van der Waals surface area contributed by atoms with E-state index >= 15 is 0 Å². The fraction of sp³-hybridized carbons (Fsp3) is 0.231. The molecule has 0 fully saturated rings. The van der Waals surface area contributed by atoms with E-state index < -0.39 is 0 Å². The first-order valence-electron chi connectivity index (χ1n) is 10.0. The van der Waals surface area contributed by atoms with E-state index in [9.17, 15) is 4.79 Å². The summed E-state index contributed by atoms with van der Waals surface area (Å²) >= 11 is 0. The molecule has 3 aromatic carbocycles. The largest absolute Gasteiger partial charge is 0.465 e. The molecule has 0 atom stereocenters. The zero-order valence-electron chi connectivity index (χ0n) is 18.1. The summed E-state index contributed by atoms with van der Waals surface area (Å²) < 4.78 is 4.83. The SMILES string of the molecule is COC(=O)c1ccc(C2=Nc3cc(C(C)(C)C)ccc3N(C)c3ccccc32)cc1. The molecule has 0 radical (unpaired) electrons. The molecule has 152 valence electrons. The van der Waals surface area contributed by atoms with Gasteiger partial charge >= 0.3 is 5.97 Å². The molecule has 0 N–H and O–H groups in total. The van der Waals surface area contributed by atoms with Gasteiger partial charge < -0.3 is 9.64 Å². The average Bonchev–Trinajstić information content (AvgIpc) is 2.87. The van der Waals surface area contributed by atoms with Gasteiger partial charge in [0.1, 0.15) is 0 Å². The number of carbonyl (C=O) groups is 1. The summed E-state index contributed by atoms with van der Waals surface area (Å²) in [6.07, 6.45) is 0. The van der Waals surface area contributed by atoms with Crippen molar-refractivity contribution in [3.63, 3.8) is 0 Å². The van der Waals surface area contributed by atoms with Crippen LogP contribution in [0.15, 0.2) is 71.7 Å². The number of rotatable bonds is 2. The van der Waals surface area contributed by atoms with Crippen molar-refractivity contribution in [3.05, 3.63) is 89.0 Å². The van der Waals surface area contributed by atoms with E-state index in [4.69, 9.17) is 9.73 Å². The van der Waals surface area contributed by atoms with Gasteiger partial charge in [-0.2, -0.15) is 0 Å². The van der Waals surface area contributed by atoms with Gasteiger partial charge in [-0.05, 0) is 41.3 Å². The van der Waals surface area contributed by atoms with Gasteiger partial charge in [0.05, 0.1) is 35.4 Å². The molecule has 0 saturated heterocycles. The molecule has 0 aliphatic carbocycles. The van der Waals surface area contributed by atoms with Gasteiger partial charge in [0.25, 0.3) is 0 Å². The molecule has 4 rings (SSSR count). The third-order valence-electron chi connectivity index (χ3n) is 5.54. The Morgan fingerprint density at radius 2 is 1.63 bits per heavy atom. The van der Waals surface area contributed by atoms with Crippen molar-refractivity contribution in [1.29, 1.82) is 0 Å². The first-order valence-corrected chi connectivity index (χ1v) is 10.0. The van der Waals surface area contributed by atoms with Crippen LogP contribution in [0.2, 0.25) is 0 Å². The molecule has 0 spiro atoms. The van der Waals surface area contributed by atoms with Crippen molar-refractivity contribution in [2.45, 2.75) is 26.2 Å². The van der Waals surface area contributed by atoms with Crippen molar-refractivity contribution in [2.75, 3.05) is 19.1 Å². The van der Waals surface area contributed by atoms with E-state index in [1.165, 1.54) is 12.7 Å². The zero-order valence-corrected chi connectivity index (χ0v) is 18.1. The first kappa shape index (κ1) is 19.9. The maximum atomic E-state index is 11.8. The number of esters is 1. The van der Waals surface area contributed by atoms with Crippen molar-refractivity contribution in [1.82, 2.24) is 0 Å². The van der Waals surface area contributed by atoms with Gasteiger partial charge in [0, 0.05) is 18.2 Å². The van der Waals surface area contributed by atoms with Gasteiger partial charge in [-0.1, -0.05) is 57.2 Å². The van der Waals surface area contributed by atoms with E-state index in [-0.39, 0.29) is 11.4 Å². The van der Waals surface area contributed by atoms with Crippen LogP contribution in [0, 0.1) is 0 Å². The fourth-order valence-electron chi connectivity index (χ4n) is 3.74. The van der Waals surface area contributed by atoms with Gasteiger partial charge in [-0.25, -0.2) is 9.79 Å². The predicted octanol–water partition coefficient (Wildman–Crippen LogP) is 6.02. The lowest BCUT2D eigenvalue weighted by Crippen LogP contribution is -2.14. The topological polar surface area (TPSA) is 41.9 Å². The van der Waals surface area contributed by atoms with Crippen LogP contribution < -0.4 is 4.90 Å². The third kappa shape index (κ3) is 3.50. The van der Waals surface area contributed by atoms with E-state index in [2.05, 4.69) is 63.1 Å². The Morgan fingerprint density at radius 3 is 2.30 bits per heavy atom. The van der Waals surface area contributed by atoms with E-state index in [1.54, 1.807) is 12.1 Å². The standard InChI is InChI=1S/C26H26N2O2/c1-26(2,3)19-14-15-23-21(16-19)27-24(20-8-6-7-9-22(20)28(23)4)17-10-12-18(13-11-17)25(29)30-5/h6-16H,1-5H3. The Labute approximate surface area is 177 Å². The van der Waals surface area contributed by atoms with Gasteiger partial charge in [0.15, 0.2) is 0 Å². The molecule has 0 bridgehead atoms. The number of carbonyl (C=O) groups excluding carboxylic acids is 1. The normalized spacial score (nSPS) is 13.1. The van der Waals surface area contributed by atoms with Crippen LogP contribution in [-0.2, 0) is 10.2 Å². The lowest BCUT2D eigenvalue weighted by atomic mass is 9.86. The fourth-order valence-corrected chi connectivity index (χ4v) is 3.74. The van der Waals surface area contributed by atoms with Crippen LogP contribution in [0.25, 0.3) is 0 Å². The number of ether oxygens (including phenoxy) is 1. The molecular formula is C26H26N2O2. The van der Waals surface area contributed by atoms with Crippen LogP contribution in [0.5, 0.6) is 0 Å². The quantitative estimate of drug-likeness (QED) is 0.496. The highest BCUT2D eigenvalue weighted by atomic mass is 16.5. The number of aliphatic imine (C=N–C) groups is 1. The lowest BCUT2D eigenvalue weighted by Gasteiger charge is -2.24. The predicted molar refractivity (Wildman–Crippen MR) is 123 cm³/mol. The highest BCUT2D eigenvalue weighted by Gasteiger charge is 2.23. The number of hydrogen-bond acceptors (Lipinski definition) is 4. The van der Waals surface area contributed by atoms with Crippen LogP contribution in [0.3, 0.4) is 0 Å². The lowest BCUT2D eigenvalue weighted by molar-refractivity contribution is 0.0600. The van der Waals surface area contributed by atoms with E-state index in [0.29, 0.717) is 5.56 Å². The Bertz CT molecular complexity index is 1140. The third-order valence-corrected chi connectivity index (χ3v) is 5.54. The maximum absolute atomic E-state index is 11.8. The summed E-state index contributed by atoms with van der Waals surface area (Å²) in [5.74, 6) is -0.343. The molecule has 1 heterocycles. The van der Waals surface area contributed by atoms with E-state index in [1.807, 2.05) is 24.3 Å². The Kier molecular flexibility index (Phi) is 4.94. The monoisotopic (exact) mass is 398 g/mol. The Morgan fingerprint density at radius 1 is 0.933 bits per heavy atom. The molecule has 0 saturated carbocycles. The molecule has 1 aliphatic heterocycles. The second kappa shape index (κ2) is 7.45. The van der Waals surface area contributed by atoms with Crippen molar-refractivity contribution >= 4 is 28.7 Å². The summed E-state index contributed by atoms with van der Waals surface area (Å²) in [4.78, 5) is 19.2. The van der Waals surface area contributed by atoms with Crippen molar-refractivity contribution in [2.24, 2.45) is 4.99 Å². The molecule has 1 aliphatic rings. The highest BCUT2D eigenvalue weighted by Crippen LogP contribution is 2.41. The smallest absolute Gasteiger partial charge is 0.337 e. The second-order valence-corrected chi connectivity index (χ2v) is 8.56.